The van der Waals surface area contributed by atoms with Crippen molar-refractivity contribution in [1.29, 1.82) is 0 Å². The fraction of sp³-hybridized carbons (Fsp3) is 0.0370. The van der Waals surface area contributed by atoms with Gasteiger partial charge in [-0.25, -0.2) is 0 Å². The average molecular weight is 502 g/mol. The summed E-state index contributed by atoms with van der Waals surface area (Å²) in [7, 11) is 0. The van der Waals surface area contributed by atoms with Crippen LogP contribution in [0.25, 0.3) is 5.70 Å². The molecule has 35 heavy (non-hydrogen) atoms. The van der Waals surface area contributed by atoms with Gasteiger partial charge in [-0.2, -0.15) is 0 Å². The largest absolute Gasteiger partial charge is 0 e. The Kier molecular flexibility index (Phi) is 25.2. The Labute approximate surface area is 215 Å². The van der Waals surface area contributed by atoms with Gasteiger partial charge in [-0.15, -0.1) is 0 Å². The molecule has 0 saturated heterocycles. The molecule has 1 heterocycles. The monoisotopic (exact) mass is 502 g/mol. The van der Waals surface area contributed by atoms with Crippen LogP contribution in [0, 0.1) is 33.3 Å². The molecule has 1 aliphatic rings. The van der Waals surface area contributed by atoms with E-state index in [1.54, 1.807) is 0 Å². The van der Waals surface area contributed by atoms with Crippen molar-refractivity contribution in [2.75, 3.05) is 11.4 Å². The first-order valence-corrected chi connectivity index (χ1v) is 9.16. The predicted molar refractivity (Wildman–Crippen MR) is 121 cm³/mol. The molecule has 4 rings (SSSR count). The van der Waals surface area contributed by atoms with E-state index < -0.39 is 0 Å². The van der Waals surface area contributed by atoms with Crippen LogP contribution in [0.15, 0.2) is 102 Å². The Morgan fingerprint density at radius 1 is 0.543 bits per heavy atom. The minimum atomic E-state index is 0. The van der Waals surface area contributed by atoms with Gasteiger partial charge in [-0.05, 0) is 23.8 Å². The normalized spacial score (nSPS) is 9.94. The van der Waals surface area contributed by atoms with Gasteiger partial charge in [-0.3, -0.25) is 9.89 Å². The first-order chi connectivity index (χ1) is 16.9. The molecule has 3 aromatic rings. The Hall–Kier alpha value is -3.90. The van der Waals surface area contributed by atoms with E-state index in [4.69, 9.17) is 28.3 Å². The summed E-state index contributed by atoms with van der Waals surface area (Å²) in [6.45, 7) is 23.2. The zero-order valence-corrected chi connectivity index (χ0v) is 19.6. The molecule has 0 amide bonds. The van der Waals surface area contributed by atoms with Gasteiger partial charge in [-0.1, -0.05) is 78.9 Å². The molecule has 0 N–H and O–H groups in total. The number of hydrogen-bond donors (Lipinski definition) is 0. The molecule has 0 atom stereocenters. The smallest absolute Gasteiger partial charge is 0 e. The van der Waals surface area contributed by atoms with Gasteiger partial charge < -0.3 is 0 Å². The third kappa shape index (κ3) is 11.2. The second kappa shape index (κ2) is 24.7. The van der Waals surface area contributed by atoms with Crippen LogP contribution in [0.2, 0.25) is 0 Å². The summed E-state index contributed by atoms with van der Waals surface area (Å²) in [5.74, 6) is 0.989. The molecule has 7 nitrogen and oxygen atoms in total. The number of benzene rings is 3. The van der Waals surface area contributed by atoms with Crippen LogP contribution in [-0.4, -0.2) is 12.4 Å². The SMILES string of the molecule is C1=C(c2ccccc2)N(c2ccccc2)C(c2ccccc2)=NC1.[C-]#[O+].[C-]#[O+].[C-]#[O+].[C-]#[O+].[C-]#[O+].[Cr]. The second-order valence-electron chi connectivity index (χ2n) is 5.66. The third-order valence-corrected chi connectivity index (χ3v) is 4.09. The summed E-state index contributed by atoms with van der Waals surface area (Å²) >= 11 is 0. The summed E-state index contributed by atoms with van der Waals surface area (Å²) in [4.78, 5) is 7.04. The molecule has 0 fully saturated rings. The second-order valence-corrected chi connectivity index (χ2v) is 5.66. The Morgan fingerprint density at radius 3 is 1.34 bits per heavy atom. The van der Waals surface area contributed by atoms with Gasteiger partial charge in [0.2, 0.25) is 0 Å². The summed E-state index contributed by atoms with van der Waals surface area (Å²) in [5.41, 5.74) is 4.62. The average Bonchev–Trinajstić information content (AvgIpc) is 2.99. The number of amidine groups is 1. The van der Waals surface area contributed by atoms with Crippen molar-refractivity contribution in [2.45, 2.75) is 0 Å². The molecule has 8 heteroatoms. The Morgan fingerprint density at radius 2 is 0.914 bits per heavy atom. The molecule has 0 aromatic heterocycles. The van der Waals surface area contributed by atoms with E-state index in [0.717, 1.165) is 17.1 Å². The predicted octanol–water partition coefficient (Wildman–Crippen LogP) is 4.80. The van der Waals surface area contributed by atoms with Gasteiger partial charge in [0.05, 0.1) is 12.2 Å². The zero-order valence-electron chi connectivity index (χ0n) is 18.3. The fourth-order valence-corrected chi connectivity index (χ4v) is 3.00. The van der Waals surface area contributed by atoms with E-state index in [0.29, 0.717) is 6.54 Å². The standard InChI is InChI=1S/C22H18N2.5CO.Cr/c1-4-10-18(11-5-1)21-16-17-23-22(19-12-6-2-7-13-19)24(21)20-14-8-3-9-15-20;5*1-2;/h1-16H,17H2;;;;;;. The molecule has 0 unspecified atom stereocenters. The van der Waals surface area contributed by atoms with Crippen LogP contribution in [0.4, 0.5) is 5.69 Å². The van der Waals surface area contributed by atoms with Crippen molar-refractivity contribution in [1.82, 2.24) is 0 Å². The van der Waals surface area contributed by atoms with E-state index in [9.17, 15) is 0 Å². The molecule has 1 aliphatic heterocycles. The Bertz CT molecular complexity index is 1010. The van der Waals surface area contributed by atoms with Gasteiger partial charge in [0.1, 0.15) is 5.84 Å². The first-order valence-electron chi connectivity index (χ1n) is 9.16. The molecule has 172 valence electrons. The van der Waals surface area contributed by atoms with Gasteiger partial charge >= 0.3 is 56.5 Å². The van der Waals surface area contributed by atoms with E-state index in [1.165, 1.54) is 11.3 Å². The summed E-state index contributed by atoms with van der Waals surface area (Å²) in [6.07, 6.45) is 2.19. The first kappa shape index (κ1) is 35.7. The van der Waals surface area contributed by atoms with Crippen LogP contribution in [0.1, 0.15) is 11.1 Å². The van der Waals surface area contributed by atoms with Crippen LogP contribution in [-0.2, 0) is 40.6 Å². The molecule has 0 saturated carbocycles. The van der Waals surface area contributed by atoms with Crippen molar-refractivity contribution in [2.24, 2.45) is 4.99 Å². The van der Waals surface area contributed by atoms with Crippen LogP contribution in [0.5, 0.6) is 0 Å². The van der Waals surface area contributed by atoms with Crippen molar-refractivity contribution >= 4 is 17.2 Å². The topological polar surface area (TPSA) is 115 Å². The minimum absolute atomic E-state index is 0. The maximum Gasteiger partial charge on any atom is 0 e. The van der Waals surface area contributed by atoms with E-state index >= 15 is 0 Å². The van der Waals surface area contributed by atoms with Gasteiger partial charge in [0, 0.05) is 28.6 Å². The van der Waals surface area contributed by atoms with Crippen molar-refractivity contribution in [3.63, 3.8) is 0 Å². The summed E-state index contributed by atoms with van der Waals surface area (Å²) in [6, 6.07) is 31.3. The number of hydrogen-bond acceptors (Lipinski definition) is 2. The van der Waals surface area contributed by atoms with Gasteiger partial charge in [0.25, 0.3) is 0 Å². The van der Waals surface area contributed by atoms with E-state index in [2.05, 4.69) is 117 Å². The number of para-hydroxylation sites is 1. The molecule has 0 radical (unpaired) electrons. The summed E-state index contributed by atoms with van der Waals surface area (Å²) in [5, 5.41) is 0. The Balaban J connectivity index is -0.000000834. The van der Waals surface area contributed by atoms with Crippen molar-refractivity contribution < 1.29 is 40.6 Å². The van der Waals surface area contributed by atoms with Crippen molar-refractivity contribution in [3.05, 3.63) is 141 Å². The maximum atomic E-state index is 7.50. The van der Waals surface area contributed by atoms with E-state index in [1.807, 2.05) is 18.2 Å². The fourth-order valence-electron chi connectivity index (χ4n) is 3.00. The maximum absolute atomic E-state index is 7.50. The molecule has 0 bridgehead atoms. The zero-order chi connectivity index (χ0) is 26.2. The molecular weight excluding hydrogens is 484 g/mol. The van der Waals surface area contributed by atoms with Crippen LogP contribution >= 0.6 is 0 Å². The third-order valence-electron chi connectivity index (χ3n) is 4.09. The minimum Gasteiger partial charge on any atom is 0 e. The quantitative estimate of drug-likeness (QED) is 0.371. The number of anilines is 1. The molecule has 0 aliphatic carbocycles. The molecule has 0 spiro atoms. The van der Waals surface area contributed by atoms with Crippen LogP contribution < -0.4 is 4.90 Å². The number of aliphatic imine (C=N–C) groups is 1. The summed E-state index contributed by atoms with van der Waals surface area (Å²) < 4.78 is 37.5. The van der Waals surface area contributed by atoms with Crippen LogP contribution in [0.3, 0.4) is 0 Å². The molecule has 3 aromatic carbocycles. The number of nitrogens with zero attached hydrogens (tertiary/aromatic N) is 2. The van der Waals surface area contributed by atoms with Crippen molar-refractivity contribution in [3.8, 4) is 0 Å². The molecular formula is C27H18CrN2O5. The number of rotatable bonds is 3. The van der Waals surface area contributed by atoms with E-state index in [-0.39, 0.29) is 17.4 Å². The van der Waals surface area contributed by atoms with Gasteiger partial charge in [0.15, 0.2) is 0 Å².